The molecule has 18 heavy (non-hydrogen) atoms. The molecule has 0 saturated carbocycles. The molecule has 2 aromatic rings. The molecule has 0 aliphatic carbocycles. The van der Waals surface area contributed by atoms with Gasteiger partial charge in [0.2, 0.25) is 5.78 Å². The van der Waals surface area contributed by atoms with E-state index in [0.717, 1.165) is 5.56 Å². The smallest absolute Gasteiger partial charge is 0.235 e. The lowest BCUT2D eigenvalue weighted by atomic mass is 10.2. The molecule has 0 saturated heterocycles. The number of allylic oxidation sites excluding steroid dienone is 1. The number of benzene rings is 1. The number of carbonyl (C=O) groups excluding carboxylic acids is 1. The monoisotopic (exact) mass is 242 g/mol. The Morgan fingerprint density at radius 3 is 2.83 bits per heavy atom. The third-order valence-electron chi connectivity index (χ3n) is 2.42. The molecular formula is C15H14O3. The van der Waals surface area contributed by atoms with Crippen molar-refractivity contribution in [2.45, 2.75) is 6.92 Å². The first-order valence-corrected chi connectivity index (χ1v) is 5.72. The molecule has 0 spiro atoms. The van der Waals surface area contributed by atoms with Crippen LogP contribution in [0.5, 0.6) is 5.75 Å². The van der Waals surface area contributed by atoms with Crippen LogP contribution in [0.2, 0.25) is 0 Å². The van der Waals surface area contributed by atoms with Crippen LogP contribution in [0, 0.1) is 0 Å². The summed E-state index contributed by atoms with van der Waals surface area (Å²) in [7, 11) is 0. The van der Waals surface area contributed by atoms with Gasteiger partial charge in [0.05, 0.1) is 6.26 Å². The Morgan fingerprint density at radius 1 is 1.28 bits per heavy atom. The van der Waals surface area contributed by atoms with E-state index in [-0.39, 0.29) is 12.4 Å². The fraction of sp³-hybridized carbons (Fsp3) is 0.133. The first kappa shape index (κ1) is 12.2. The van der Waals surface area contributed by atoms with Crippen molar-refractivity contribution in [1.82, 2.24) is 0 Å². The van der Waals surface area contributed by atoms with Crippen molar-refractivity contribution < 1.29 is 13.9 Å². The second kappa shape index (κ2) is 5.87. The van der Waals surface area contributed by atoms with E-state index < -0.39 is 0 Å². The molecule has 0 fully saturated rings. The van der Waals surface area contributed by atoms with Crippen molar-refractivity contribution >= 4 is 11.9 Å². The third-order valence-corrected chi connectivity index (χ3v) is 2.42. The molecule has 1 heterocycles. The lowest BCUT2D eigenvalue weighted by molar-refractivity contribution is 0.0893. The fourth-order valence-electron chi connectivity index (χ4n) is 1.58. The van der Waals surface area contributed by atoms with E-state index in [4.69, 9.17) is 9.15 Å². The van der Waals surface area contributed by atoms with Crippen molar-refractivity contribution in [3.05, 3.63) is 60.1 Å². The van der Waals surface area contributed by atoms with E-state index in [9.17, 15) is 4.79 Å². The van der Waals surface area contributed by atoms with E-state index in [1.807, 2.05) is 43.3 Å². The second-order valence-corrected chi connectivity index (χ2v) is 3.73. The first-order valence-electron chi connectivity index (χ1n) is 5.72. The molecule has 0 amide bonds. The van der Waals surface area contributed by atoms with Crippen LogP contribution < -0.4 is 4.74 Å². The zero-order valence-corrected chi connectivity index (χ0v) is 10.1. The van der Waals surface area contributed by atoms with Crippen LogP contribution >= 0.6 is 0 Å². The van der Waals surface area contributed by atoms with Gasteiger partial charge in [0.25, 0.3) is 0 Å². The van der Waals surface area contributed by atoms with Gasteiger partial charge in [-0.15, -0.1) is 0 Å². The SMILES string of the molecule is C/C=C/c1ccccc1OCC(=O)c1ccco1. The summed E-state index contributed by atoms with van der Waals surface area (Å²) >= 11 is 0. The highest BCUT2D eigenvalue weighted by molar-refractivity contribution is 5.94. The molecule has 0 radical (unpaired) electrons. The molecule has 92 valence electrons. The van der Waals surface area contributed by atoms with Gasteiger partial charge in [-0.05, 0) is 25.1 Å². The van der Waals surface area contributed by atoms with Gasteiger partial charge in [0.15, 0.2) is 12.4 Å². The molecule has 3 heteroatoms. The van der Waals surface area contributed by atoms with Crippen molar-refractivity contribution in [3.8, 4) is 5.75 Å². The number of furan rings is 1. The van der Waals surface area contributed by atoms with Crippen LogP contribution in [0.15, 0.2) is 53.2 Å². The molecule has 0 atom stereocenters. The number of hydrogen-bond donors (Lipinski definition) is 0. The molecule has 2 rings (SSSR count). The maximum atomic E-state index is 11.7. The summed E-state index contributed by atoms with van der Waals surface area (Å²) < 4.78 is 10.5. The van der Waals surface area contributed by atoms with Gasteiger partial charge in [-0.25, -0.2) is 0 Å². The van der Waals surface area contributed by atoms with Gasteiger partial charge in [-0.1, -0.05) is 30.4 Å². The second-order valence-electron chi connectivity index (χ2n) is 3.73. The summed E-state index contributed by atoms with van der Waals surface area (Å²) in [5.41, 5.74) is 0.951. The predicted octanol–water partition coefficient (Wildman–Crippen LogP) is 3.57. The van der Waals surface area contributed by atoms with Crippen LogP contribution in [0.4, 0.5) is 0 Å². The zero-order chi connectivity index (χ0) is 12.8. The number of ketones is 1. The average molecular weight is 242 g/mol. The normalized spacial score (nSPS) is 10.7. The molecule has 1 aromatic heterocycles. The van der Waals surface area contributed by atoms with E-state index in [1.54, 1.807) is 12.1 Å². The number of rotatable bonds is 5. The first-order chi connectivity index (χ1) is 8.81. The number of carbonyl (C=O) groups is 1. The minimum Gasteiger partial charge on any atom is -0.485 e. The van der Waals surface area contributed by atoms with Gasteiger partial charge in [-0.3, -0.25) is 4.79 Å². The lowest BCUT2D eigenvalue weighted by Crippen LogP contribution is -2.11. The summed E-state index contributed by atoms with van der Waals surface area (Å²) in [5.74, 6) is 0.837. The van der Waals surface area contributed by atoms with Gasteiger partial charge in [0.1, 0.15) is 5.75 Å². The summed E-state index contributed by atoms with van der Waals surface area (Å²) in [4.78, 5) is 11.7. The molecule has 3 nitrogen and oxygen atoms in total. The molecule has 0 bridgehead atoms. The average Bonchev–Trinajstić information content (AvgIpc) is 2.92. The summed E-state index contributed by atoms with van der Waals surface area (Å²) in [6, 6.07) is 10.9. The van der Waals surface area contributed by atoms with Crippen LogP contribution in [-0.2, 0) is 0 Å². The highest BCUT2D eigenvalue weighted by Gasteiger charge is 2.10. The van der Waals surface area contributed by atoms with Crippen LogP contribution in [0.25, 0.3) is 6.08 Å². The maximum absolute atomic E-state index is 11.7. The molecule has 0 N–H and O–H groups in total. The fourth-order valence-corrected chi connectivity index (χ4v) is 1.58. The van der Waals surface area contributed by atoms with Gasteiger partial charge in [0, 0.05) is 5.56 Å². The van der Waals surface area contributed by atoms with Crippen LogP contribution in [0.1, 0.15) is 23.0 Å². The van der Waals surface area contributed by atoms with Crippen LogP contribution in [-0.4, -0.2) is 12.4 Å². The summed E-state index contributed by atoms with van der Waals surface area (Å²) in [6.45, 7) is 1.91. The Hall–Kier alpha value is -2.29. The van der Waals surface area contributed by atoms with E-state index in [0.29, 0.717) is 11.5 Å². The number of para-hydroxylation sites is 1. The van der Waals surface area contributed by atoms with Gasteiger partial charge in [-0.2, -0.15) is 0 Å². The van der Waals surface area contributed by atoms with E-state index in [2.05, 4.69) is 0 Å². The number of ether oxygens (including phenoxy) is 1. The lowest BCUT2D eigenvalue weighted by Gasteiger charge is -2.07. The highest BCUT2D eigenvalue weighted by atomic mass is 16.5. The Kier molecular flexibility index (Phi) is 3.97. The zero-order valence-electron chi connectivity index (χ0n) is 10.1. The minimum absolute atomic E-state index is 0.0257. The van der Waals surface area contributed by atoms with Crippen molar-refractivity contribution in [1.29, 1.82) is 0 Å². The third kappa shape index (κ3) is 2.88. The minimum atomic E-state index is -0.171. The Morgan fingerprint density at radius 2 is 2.11 bits per heavy atom. The van der Waals surface area contributed by atoms with E-state index in [1.165, 1.54) is 6.26 Å². The molecular weight excluding hydrogens is 228 g/mol. The van der Waals surface area contributed by atoms with Gasteiger partial charge < -0.3 is 9.15 Å². The van der Waals surface area contributed by atoms with E-state index >= 15 is 0 Å². The van der Waals surface area contributed by atoms with Crippen molar-refractivity contribution in [2.24, 2.45) is 0 Å². The van der Waals surface area contributed by atoms with Crippen molar-refractivity contribution in [2.75, 3.05) is 6.61 Å². The van der Waals surface area contributed by atoms with Gasteiger partial charge >= 0.3 is 0 Å². The Balaban J connectivity index is 2.04. The predicted molar refractivity (Wildman–Crippen MR) is 69.7 cm³/mol. The maximum Gasteiger partial charge on any atom is 0.235 e. The molecule has 1 aromatic carbocycles. The van der Waals surface area contributed by atoms with Crippen LogP contribution in [0.3, 0.4) is 0 Å². The number of Topliss-reactive ketones (excluding diaryl/α,β-unsaturated/α-hetero) is 1. The van der Waals surface area contributed by atoms with Crippen molar-refractivity contribution in [3.63, 3.8) is 0 Å². The molecule has 0 aliphatic heterocycles. The Labute approximate surface area is 106 Å². The molecule has 0 aliphatic rings. The Bertz CT molecular complexity index is 539. The summed E-state index contributed by atoms with van der Waals surface area (Å²) in [5, 5.41) is 0. The standard InChI is InChI=1S/C15H14O3/c1-2-6-12-7-3-4-8-14(12)18-11-13(16)15-9-5-10-17-15/h2-10H,11H2,1H3/b6-2+. The largest absolute Gasteiger partial charge is 0.485 e. The number of hydrogen-bond acceptors (Lipinski definition) is 3. The summed E-state index contributed by atoms with van der Waals surface area (Å²) in [6.07, 6.45) is 5.34. The topological polar surface area (TPSA) is 39.4 Å². The molecule has 0 unspecified atom stereocenters. The highest BCUT2D eigenvalue weighted by Crippen LogP contribution is 2.19. The quantitative estimate of drug-likeness (QED) is 0.752.